The van der Waals surface area contributed by atoms with E-state index in [9.17, 15) is 9.59 Å². The van der Waals surface area contributed by atoms with E-state index in [0.717, 1.165) is 35.4 Å². The molecule has 0 radical (unpaired) electrons. The number of benzene rings is 2. The number of nitrogens with zero attached hydrogens (tertiary/aromatic N) is 2. The maximum absolute atomic E-state index is 12.7. The zero-order chi connectivity index (χ0) is 29.5. The molecule has 3 aromatic rings. The minimum Gasteiger partial charge on any atom is -0.469 e. The van der Waals surface area contributed by atoms with E-state index in [2.05, 4.69) is 21.5 Å². The quantitative estimate of drug-likeness (QED) is 0.0630. The lowest BCUT2D eigenvalue weighted by atomic mass is 10.1. The Hall–Kier alpha value is -3.68. The predicted molar refractivity (Wildman–Crippen MR) is 166 cm³/mol. The van der Waals surface area contributed by atoms with E-state index in [-0.39, 0.29) is 30.7 Å². The molecule has 0 unspecified atom stereocenters. The summed E-state index contributed by atoms with van der Waals surface area (Å²) in [5.41, 5.74) is 9.48. The number of imidazole rings is 1. The normalized spacial score (nSPS) is 11.1. The van der Waals surface area contributed by atoms with Crippen LogP contribution in [0.5, 0.6) is 0 Å². The van der Waals surface area contributed by atoms with Crippen LogP contribution in [0, 0.1) is 5.41 Å². The summed E-state index contributed by atoms with van der Waals surface area (Å²) in [5.74, 6) is 0.252. The molecule has 4 N–H and O–H groups in total. The Morgan fingerprint density at radius 3 is 2.05 bits per heavy atom. The van der Waals surface area contributed by atoms with Gasteiger partial charge < -0.3 is 20.4 Å². The highest BCUT2D eigenvalue weighted by Crippen LogP contribution is 2.27. The number of hydrogen-bond donors (Lipinski definition) is 3. The van der Waals surface area contributed by atoms with E-state index in [1.54, 1.807) is 12.1 Å². The number of unbranched alkanes of at least 4 members (excludes halogenated alkanes) is 11. The zero-order valence-electron chi connectivity index (χ0n) is 24.8. The molecule has 0 saturated carbocycles. The average molecular weight is 562 g/mol. The predicted octanol–water partition coefficient (Wildman–Crippen LogP) is 6.98. The van der Waals surface area contributed by atoms with Crippen LogP contribution in [0.1, 0.15) is 106 Å². The van der Waals surface area contributed by atoms with Gasteiger partial charge in [0.25, 0.3) is 5.91 Å². The van der Waals surface area contributed by atoms with Crippen molar-refractivity contribution in [2.24, 2.45) is 5.73 Å². The average Bonchev–Trinajstić information content (AvgIpc) is 3.35. The second-order valence-corrected chi connectivity index (χ2v) is 10.8. The van der Waals surface area contributed by atoms with Crippen molar-refractivity contribution in [2.45, 2.75) is 96.9 Å². The first-order chi connectivity index (χ1) is 19.9. The number of ether oxygens (including phenoxy) is 1. The molecule has 8 nitrogen and oxygen atoms in total. The number of carbonyl (C=O) groups is 2. The van der Waals surface area contributed by atoms with Gasteiger partial charge in [0, 0.05) is 29.8 Å². The number of aryl methyl sites for hydroxylation is 1. The molecule has 0 aliphatic rings. The van der Waals surface area contributed by atoms with Crippen LogP contribution >= 0.6 is 0 Å². The molecular weight excluding hydrogens is 514 g/mol. The molecular formula is C33H47N5O3. The molecule has 0 bridgehead atoms. The van der Waals surface area contributed by atoms with Gasteiger partial charge in [-0.3, -0.25) is 15.0 Å². The highest BCUT2D eigenvalue weighted by Gasteiger charge is 2.15. The number of nitrogen functional groups attached to an aromatic ring is 1. The van der Waals surface area contributed by atoms with Gasteiger partial charge in [0.2, 0.25) is 0 Å². The highest BCUT2D eigenvalue weighted by atomic mass is 16.5. The number of esters is 1. The van der Waals surface area contributed by atoms with Crippen LogP contribution in [0.25, 0.3) is 22.4 Å². The molecule has 1 heterocycles. The number of hydrogen-bond acceptors (Lipinski definition) is 5. The third-order valence-electron chi connectivity index (χ3n) is 7.54. The molecule has 0 spiro atoms. The van der Waals surface area contributed by atoms with Crippen molar-refractivity contribution < 1.29 is 14.3 Å². The number of nitrogens with two attached hydrogens (primary N) is 1. The second-order valence-electron chi connectivity index (χ2n) is 10.8. The Kier molecular flexibility index (Phi) is 13.4. The number of aromatic nitrogens is 2. The maximum atomic E-state index is 12.7. The summed E-state index contributed by atoms with van der Waals surface area (Å²) < 4.78 is 6.87. The van der Waals surface area contributed by atoms with Crippen LogP contribution in [-0.4, -0.2) is 40.9 Å². The van der Waals surface area contributed by atoms with Crippen LogP contribution < -0.4 is 11.1 Å². The molecule has 1 aromatic heterocycles. The summed E-state index contributed by atoms with van der Waals surface area (Å²) in [6, 6.07) is 13.1. The minimum atomic E-state index is -0.363. The molecule has 0 aliphatic heterocycles. The highest BCUT2D eigenvalue weighted by molar-refractivity contribution is 5.98. The van der Waals surface area contributed by atoms with Gasteiger partial charge in [-0.1, -0.05) is 102 Å². The number of amidine groups is 1. The zero-order valence-corrected chi connectivity index (χ0v) is 24.8. The topological polar surface area (TPSA) is 123 Å². The first-order valence-electron chi connectivity index (χ1n) is 15.2. The molecule has 0 aliphatic carbocycles. The van der Waals surface area contributed by atoms with Crippen molar-refractivity contribution in [1.82, 2.24) is 14.9 Å². The van der Waals surface area contributed by atoms with Gasteiger partial charge in [0.05, 0.1) is 24.6 Å². The summed E-state index contributed by atoms with van der Waals surface area (Å²) in [4.78, 5) is 29.0. The lowest BCUT2D eigenvalue weighted by Crippen LogP contribution is -2.26. The summed E-state index contributed by atoms with van der Waals surface area (Å²) in [6.07, 6.45) is 15.7. The molecule has 3 rings (SSSR count). The molecule has 222 valence electrons. The van der Waals surface area contributed by atoms with E-state index in [0.29, 0.717) is 11.1 Å². The van der Waals surface area contributed by atoms with Crippen molar-refractivity contribution in [1.29, 1.82) is 5.41 Å². The fraction of sp³-hybridized carbons (Fsp3) is 0.515. The van der Waals surface area contributed by atoms with Gasteiger partial charge in [0.1, 0.15) is 11.7 Å². The lowest BCUT2D eigenvalue weighted by molar-refractivity contribution is -0.140. The molecule has 8 heteroatoms. The minimum absolute atomic E-state index is 0.0319. The van der Waals surface area contributed by atoms with Crippen molar-refractivity contribution in [3.05, 3.63) is 53.6 Å². The molecule has 1 amide bonds. The fourth-order valence-electron chi connectivity index (χ4n) is 5.11. The monoisotopic (exact) mass is 561 g/mol. The molecule has 0 saturated heterocycles. The van der Waals surface area contributed by atoms with Gasteiger partial charge in [-0.25, -0.2) is 4.98 Å². The summed E-state index contributed by atoms with van der Waals surface area (Å²) >= 11 is 0. The van der Waals surface area contributed by atoms with Crippen LogP contribution in [0.15, 0.2) is 42.5 Å². The second kappa shape index (κ2) is 17.2. The van der Waals surface area contributed by atoms with E-state index >= 15 is 0 Å². The lowest BCUT2D eigenvalue weighted by Gasteiger charge is -2.10. The maximum Gasteiger partial charge on any atom is 0.307 e. The first-order valence-corrected chi connectivity index (χ1v) is 15.2. The van der Waals surface area contributed by atoms with E-state index in [1.807, 2.05) is 30.3 Å². The van der Waals surface area contributed by atoms with Crippen molar-refractivity contribution in [2.75, 3.05) is 13.7 Å². The summed E-state index contributed by atoms with van der Waals surface area (Å²) in [7, 11) is 1.33. The van der Waals surface area contributed by atoms with Gasteiger partial charge in [-0.05, 0) is 24.6 Å². The number of methoxy groups -OCH3 is 1. The summed E-state index contributed by atoms with van der Waals surface area (Å²) in [5, 5.41) is 10.5. The Bertz CT molecular complexity index is 1270. The standard InChI is InChI=1S/C33H47N5O3/c1-3-4-5-6-7-8-9-10-11-12-13-14-23-38-29-20-19-27(33(40)36-22-21-30(39)41-2)24-28(29)37-32(38)26-17-15-25(16-18-26)31(34)35/h15-20,24H,3-14,21-23H2,1-2H3,(H3,34,35)(H,36,40). The Morgan fingerprint density at radius 1 is 0.878 bits per heavy atom. The van der Waals surface area contributed by atoms with E-state index < -0.39 is 0 Å². The van der Waals surface area contributed by atoms with E-state index in [1.165, 1.54) is 77.7 Å². The molecule has 0 fully saturated rings. The Labute approximate surface area is 244 Å². The Morgan fingerprint density at radius 2 is 1.46 bits per heavy atom. The third kappa shape index (κ3) is 10.0. The molecule has 0 atom stereocenters. The van der Waals surface area contributed by atoms with Crippen molar-refractivity contribution in [3.8, 4) is 11.4 Å². The third-order valence-corrected chi connectivity index (χ3v) is 7.54. The van der Waals surface area contributed by atoms with Crippen molar-refractivity contribution in [3.63, 3.8) is 0 Å². The largest absolute Gasteiger partial charge is 0.469 e. The van der Waals surface area contributed by atoms with Gasteiger partial charge in [0.15, 0.2) is 0 Å². The number of fused-ring (bicyclic) bond motifs is 1. The molecule has 2 aromatic carbocycles. The smallest absolute Gasteiger partial charge is 0.307 e. The number of amides is 1. The first kappa shape index (κ1) is 31.8. The van der Waals surface area contributed by atoms with Crippen molar-refractivity contribution >= 4 is 28.7 Å². The van der Waals surface area contributed by atoms with Gasteiger partial charge in [-0.15, -0.1) is 0 Å². The number of nitrogens with one attached hydrogen (secondary N) is 2. The van der Waals surface area contributed by atoms with Gasteiger partial charge in [-0.2, -0.15) is 0 Å². The van der Waals surface area contributed by atoms with Crippen LogP contribution in [0.4, 0.5) is 0 Å². The van der Waals surface area contributed by atoms with Crippen LogP contribution in [-0.2, 0) is 16.1 Å². The van der Waals surface area contributed by atoms with Gasteiger partial charge >= 0.3 is 5.97 Å². The summed E-state index contributed by atoms with van der Waals surface area (Å²) in [6.45, 7) is 3.31. The number of rotatable bonds is 19. The SMILES string of the molecule is CCCCCCCCCCCCCCn1c(-c2ccc(C(=N)N)cc2)nc2cc(C(=O)NCCC(=O)OC)ccc21. The van der Waals surface area contributed by atoms with E-state index in [4.69, 9.17) is 16.1 Å². The number of carbonyl (C=O) groups excluding carboxylic acids is 2. The molecule has 41 heavy (non-hydrogen) atoms. The van der Waals surface area contributed by atoms with Crippen LogP contribution in [0.2, 0.25) is 0 Å². The Balaban J connectivity index is 1.63. The fourth-order valence-corrected chi connectivity index (χ4v) is 5.11. The van der Waals surface area contributed by atoms with Crippen LogP contribution in [0.3, 0.4) is 0 Å².